The van der Waals surface area contributed by atoms with Gasteiger partial charge in [0.15, 0.2) is 5.96 Å². The molecular formula is C35H57N7O9. The average molecular weight is 720 g/mol. The number of alkyl carbamates (subject to hydrolysis) is 1. The Balaban J connectivity index is 3.37. The number of nitrogens with one attached hydrogen (secondary N) is 4. The summed E-state index contributed by atoms with van der Waals surface area (Å²) in [6.45, 7) is 12.1. The molecule has 0 aliphatic rings. The summed E-state index contributed by atoms with van der Waals surface area (Å²) in [6.07, 6.45) is 0.213. The van der Waals surface area contributed by atoms with Crippen molar-refractivity contribution in [3.63, 3.8) is 0 Å². The number of unbranched alkanes of at least 4 members (excludes halogenated alkanes) is 1. The first-order chi connectivity index (χ1) is 23.7. The number of carbonyl (C=O) groups excluding carboxylic acids is 5. The van der Waals surface area contributed by atoms with Crippen molar-refractivity contribution in [3.05, 3.63) is 35.9 Å². The number of carbonyl (C=O) groups is 6. The first-order valence-electron chi connectivity index (χ1n) is 17.1. The van der Waals surface area contributed by atoms with E-state index in [1.54, 1.807) is 71.9 Å². The van der Waals surface area contributed by atoms with Gasteiger partial charge in [0, 0.05) is 19.4 Å². The summed E-state index contributed by atoms with van der Waals surface area (Å²) in [5.41, 5.74) is 9.91. The van der Waals surface area contributed by atoms with Gasteiger partial charge in [-0.15, -0.1) is 0 Å². The number of nitrogens with two attached hydrogens (primary N) is 2. The van der Waals surface area contributed by atoms with Crippen LogP contribution in [0.1, 0.15) is 99.0 Å². The van der Waals surface area contributed by atoms with Crippen LogP contribution in [0.25, 0.3) is 0 Å². The van der Waals surface area contributed by atoms with Crippen LogP contribution in [0.15, 0.2) is 35.3 Å². The van der Waals surface area contributed by atoms with Crippen molar-refractivity contribution in [2.75, 3.05) is 6.54 Å². The lowest BCUT2D eigenvalue weighted by molar-refractivity contribution is -0.159. The molecule has 51 heavy (non-hydrogen) atoms. The number of aliphatic carboxylic acids is 1. The van der Waals surface area contributed by atoms with E-state index in [4.69, 9.17) is 20.9 Å². The summed E-state index contributed by atoms with van der Waals surface area (Å²) in [4.78, 5) is 82.2. The molecule has 0 bridgehead atoms. The Morgan fingerprint density at radius 3 is 1.75 bits per heavy atom. The van der Waals surface area contributed by atoms with Crippen LogP contribution in [0.5, 0.6) is 0 Å². The second-order valence-corrected chi connectivity index (χ2v) is 14.1. The third-order valence-corrected chi connectivity index (χ3v) is 7.00. The lowest BCUT2D eigenvalue weighted by atomic mass is 10.0. The normalized spacial score (nSPS) is 13.7. The maximum atomic E-state index is 13.8. The predicted octanol–water partition coefficient (Wildman–Crippen LogP) is 2.03. The van der Waals surface area contributed by atoms with Crippen LogP contribution in [0.3, 0.4) is 0 Å². The van der Waals surface area contributed by atoms with Crippen molar-refractivity contribution in [2.24, 2.45) is 16.5 Å². The molecule has 1 aromatic carbocycles. The van der Waals surface area contributed by atoms with E-state index < -0.39 is 77.5 Å². The maximum Gasteiger partial charge on any atom is 0.408 e. The second-order valence-electron chi connectivity index (χ2n) is 14.1. The lowest BCUT2D eigenvalue weighted by Crippen LogP contribution is -2.58. The molecule has 0 aliphatic heterocycles. The summed E-state index contributed by atoms with van der Waals surface area (Å²) < 4.78 is 10.8. The van der Waals surface area contributed by atoms with Crippen molar-refractivity contribution in [1.82, 2.24) is 21.3 Å². The molecule has 0 fully saturated rings. The van der Waals surface area contributed by atoms with E-state index >= 15 is 0 Å². The predicted molar refractivity (Wildman–Crippen MR) is 191 cm³/mol. The Morgan fingerprint density at radius 1 is 0.725 bits per heavy atom. The minimum absolute atomic E-state index is 0.00313. The first kappa shape index (κ1) is 44.1. The number of rotatable bonds is 20. The molecule has 0 saturated carbocycles. The minimum atomic E-state index is -1.39. The van der Waals surface area contributed by atoms with E-state index in [0.717, 1.165) is 12.0 Å². The van der Waals surface area contributed by atoms with E-state index in [0.29, 0.717) is 6.42 Å². The summed E-state index contributed by atoms with van der Waals surface area (Å²) in [5, 5.41) is 19.8. The van der Waals surface area contributed by atoms with Crippen LogP contribution >= 0.6 is 0 Å². The zero-order valence-corrected chi connectivity index (χ0v) is 30.9. The Labute approximate surface area is 300 Å². The zero-order valence-electron chi connectivity index (χ0n) is 30.9. The first-order valence-corrected chi connectivity index (χ1v) is 17.1. The molecular weight excluding hydrogens is 662 g/mol. The standard InChI is InChI=1S/C35H57N7O9/c1-8-9-16-25(31(48)50-34(2,3)4)41-29(46)24(18-19-27(43)44)40-28(45)23(17-13-20-38-32(36)37)39-30(47)26(21-22-14-11-10-12-15-22)42-33(49)51-35(5,6)7/h10-12,14-15,23-26H,8-9,13,16-21H2,1-7H3,(H,39,47)(H,40,45)(H,41,46)(H,42,49)(H,43,44)(H4,36,37,38)/t23-,24-,25-,26-/m0/s1. The monoisotopic (exact) mass is 719 g/mol. The third kappa shape index (κ3) is 19.8. The van der Waals surface area contributed by atoms with E-state index in [-0.39, 0.29) is 44.6 Å². The number of esters is 1. The molecule has 0 spiro atoms. The Bertz CT molecular complexity index is 1340. The van der Waals surface area contributed by atoms with Gasteiger partial charge in [0.2, 0.25) is 17.7 Å². The highest BCUT2D eigenvalue weighted by Crippen LogP contribution is 2.13. The maximum absolute atomic E-state index is 13.8. The van der Waals surface area contributed by atoms with Crippen LogP contribution < -0.4 is 32.7 Å². The number of hydrogen-bond acceptors (Lipinski definition) is 9. The highest BCUT2D eigenvalue weighted by atomic mass is 16.6. The molecule has 0 aliphatic carbocycles. The van der Waals surface area contributed by atoms with Crippen molar-refractivity contribution >= 4 is 41.7 Å². The van der Waals surface area contributed by atoms with Gasteiger partial charge in [0.05, 0.1) is 0 Å². The van der Waals surface area contributed by atoms with Gasteiger partial charge in [0.1, 0.15) is 35.4 Å². The number of guanidine groups is 1. The number of carboxylic acids is 1. The van der Waals surface area contributed by atoms with Gasteiger partial charge in [-0.05, 0) is 72.8 Å². The molecule has 4 amide bonds. The lowest BCUT2D eigenvalue weighted by Gasteiger charge is -2.28. The van der Waals surface area contributed by atoms with Gasteiger partial charge in [0.25, 0.3) is 0 Å². The van der Waals surface area contributed by atoms with Gasteiger partial charge >= 0.3 is 18.0 Å². The molecule has 1 rings (SSSR count). The van der Waals surface area contributed by atoms with Crippen molar-refractivity contribution in [1.29, 1.82) is 0 Å². The fourth-order valence-corrected chi connectivity index (χ4v) is 4.66. The highest BCUT2D eigenvalue weighted by Gasteiger charge is 2.33. The van der Waals surface area contributed by atoms with Crippen molar-refractivity contribution < 1.29 is 43.3 Å². The van der Waals surface area contributed by atoms with E-state index in [9.17, 15) is 33.9 Å². The molecule has 0 aromatic heterocycles. The number of amides is 4. The molecule has 286 valence electrons. The molecule has 16 nitrogen and oxygen atoms in total. The topological polar surface area (TPSA) is 254 Å². The van der Waals surface area contributed by atoms with E-state index in [1.807, 2.05) is 6.92 Å². The van der Waals surface area contributed by atoms with Crippen LogP contribution in [0, 0.1) is 0 Å². The summed E-state index contributed by atoms with van der Waals surface area (Å²) in [5.74, 6) is -4.37. The van der Waals surface area contributed by atoms with Gasteiger partial charge in [-0.3, -0.25) is 24.2 Å². The quantitative estimate of drug-likeness (QED) is 0.0444. The van der Waals surface area contributed by atoms with Crippen molar-refractivity contribution in [2.45, 2.75) is 135 Å². The Hall–Kier alpha value is -4.89. The Kier molecular flexibility index (Phi) is 18.5. The largest absolute Gasteiger partial charge is 0.481 e. The second kappa shape index (κ2) is 21.4. The van der Waals surface area contributed by atoms with Crippen LogP contribution in [0.2, 0.25) is 0 Å². The fraction of sp³-hybridized carbons (Fsp3) is 0.629. The third-order valence-electron chi connectivity index (χ3n) is 7.00. The number of carboxylic acid groups (broad SMARTS) is 1. The Morgan fingerprint density at radius 2 is 1.24 bits per heavy atom. The molecule has 0 radical (unpaired) electrons. The number of nitrogens with zero attached hydrogens (tertiary/aromatic N) is 1. The van der Waals surface area contributed by atoms with Gasteiger partial charge in [-0.25, -0.2) is 9.59 Å². The molecule has 4 atom stereocenters. The molecule has 16 heteroatoms. The number of hydrogen-bond donors (Lipinski definition) is 7. The van der Waals surface area contributed by atoms with Crippen molar-refractivity contribution in [3.8, 4) is 0 Å². The van der Waals surface area contributed by atoms with Gasteiger partial charge < -0.3 is 47.3 Å². The number of aliphatic imine (C=N–C) groups is 1. The molecule has 0 heterocycles. The molecule has 1 aromatic rings. The summed E-state index contributed by atoms with van der Waals surface area (Å²) in [7, 11) is 0. The van der Waals surface area contributed by atoms with Crippen LogP contribution in [-0.2, 0) is 39.9 Å². The molecule has 0 saturated heterocycles. The average Bonchev–Trinajstić information content (AvgIpc) is 3.00. The van der Waals surface area contributed by atoms with E-state index in [2.05, 4.69) is 26.3 Å². The number of benzene rings is 1. The summed E-state index contributed by atoms with van der Waals surface area (Å²) in [6, 6.07) is 4.01. The summed E-state index contributed by atoms with van der Waals surface area (Å²) >= 11 is 0. The smallest absolute Gasteiger partial charge is 0.408 e. The van der Waals surface area contributed by atoms with Gasteiger partial charge in [-0.2, -0.15) is 0 Å². The highest BCUT2D eigenvalue weighted by molar-refractivity contribution is 5.95. The van der Waals surface area contributed by atoms with E-state index in [1.165, 1.54) is 0 Å². The number of ether oxygens (including phenoxy) is 2. The van der Waals surface area contributed by atoms with Crippen LogP contribution in [0.4, 0.5) is 4.79 Å². The molecule has 0 unspecified atom stereocenters. The van der Waals surface area contributed by atoms with Gasteiger partial charge in [-0.1, -0.05) is 50.1 Å². The molecule has 9 N–H and O–H groups in total. The van der Waals surface area contributed by atoms with Crippen LogP contribution in [-0.4, -0.2) is 88.7 Å². The fourth-order valence-electron chi connectivity index (χ4n) is 4.66. The zero-order chi connectivity index (χ0) is 38.8. The minimum Gasteiger partial charge on any atom is -0.481 e. The SMILES string of the molecule is CCCC[C@H](NC(=O)[C@H](CCC(=O)O)NC(=O)[C@H](CCCN=C(N)N)NC(=O)[C@H](Cc1ccccc1)NC(=O)OC(C)(C)C)C(=O)OC(C)(C)C.